The molecule has 0 spiro atoms. The lowest BCUT2D eigenvalue weighted by molar-refractivity contribution is 0.0978. The fraction of sp³-hybridized carbons (Fsp3) is 0.625. The van der Waals surface area contributed by atoms with E-state index < -0.39 is 0 Å². The van der Waals surface area contributed by atoms with E-state index in [0.717, 1.165) is 32.6 Å². The van der Waals surface area contributed by atoms with E-state index in [1.54, 1.807) is 0 Å². The summed E-state index contributed by atoms with van der Waals surface area (Å²) in [5, 5.41) is 3.28. The van der Waals surface area contributed by atoms with Crippen molar-refractivity contribution in [3.63, 3.8) is 0 Å². The molecule has 0 saturated carbocycles. The highest BCUT2D eigenvalue weighted by Gasteiger charge is 2.09. The summed E-state index contributed by atoms with van der Waals surface area (Å²) < 4.78 is 5.68. The van der Waals surface area contributed by atoms with Crippen LogP contribution in [0.4, 0.5) is 0 Å². The molecule has 0 bridgehead atoms. The van der Waals surface area contributed by atoms with Crippen molar-refractivity contribution in [3.05, 3.63) is 35.9 Å². The van der Waals surface area contributed by atoms with Crippen LogP contribution in [-0.2, 0) is 11.2 Å². The van der Waals surface area contributed by atoms with Gasteiger partial charge in [0.15, 0.2) is 0 Å². The topological polar surface area (TPSA) is 21.3 Å². The van der Waals surface area contributed by atoms with Crippen molar-refractivity contribution < 1.29 is 4.74 Å². The van der Waals surface area contributed by atoms with Crippen LogP contribution in [0.3, 0.4) is 0 Å². The Morgan fingerprint density at radius 3 is 2.50 bits per heavy atom. The zero-order valence-corrected chi connectivity index (χ0v) is 12.0. The Hall–Kier alpha value is -0.860. The molecular formula is C16H27NO. The maximum absolute atomic E-state index is 5.68. The van der Waals surface area contributed by atoms with E-state index in [1.807, 2.05) is 7.05 Å². The van der Waals surface area contributed by atoms with Crippen molar-refractivity contribution in [2.75, 3.05) is 26.8 Å². The largest absolute Gasteiger partial charge is 0.381 e. The molecule has 0 aliphatic rings. The fourth-order valence-corrected chi connectivity index (χ4v) is 2.08. The van der Waals surface area contributed by atoms with Crippen molar-refractivity contribution >= 4 is 0 Å². The zero-order chi connectivity index (χ0) is 13.2. The van der Waals surface area contributed by atoms with Gasteiger partial charge in [-0.25, -0.2) is 0 Å². The molecule has 2 heteroatoms. The van der Waals surface area contributed by atoms with Crippen molar-refractivity contribution in [2.24, 2.45) is 11.8 Å². The van der Waals surface area contributed by atoms with Gasteiger partial charge in [-0.05, 0) is 43.8 Å². The van der Waals surface area contributed by atoms with Gasteiger partial charge < -0.3 is 10.1 Å². The van der Waals surface area contributed by atoms with E-state index in [-0.39, 0.29) is 0 Å². The molecular weight excluding hydrogens is 222 g/mol. The lowest BCUT2D eigenvalue weighted by Gasteiger charge is -2.17. The number of hydrogen-bond acceptors (Lipinski definition) is 2. The first kappa shape index (κ1) is 15.2. The predicted octanol–water partition coefficient (Wildman–Crippen LogP) is 3.13. The van der Waals surface area contributed by atoms with Crippen LogP contribution in [0.2, 0.25) is 0 Å². The molecule has 0 aliphatic heterocycles. The standard InChI is InChI=1S/C16H27NO/c1-14(2)13-18-10-9-16(12-17-3)11-15-7-5-4-6-8-15/h4-8,14,16-17H,9-13H2,1-3H3. The molecule has 1 rings (SSSR count). The summed E-state index contributed by atoms with van der Waals surface area (Å²) in [4.78, 5) is 0. The average molecular weight is 249 g/mol. The third-order valence-electron chi connectivity index (χ3n) is 2.98. The maximum Gasteiger partial charge on any atom is 0.0488 e. The Morgan fingerprint density at radius 2 is 1.89 bits per heavy atom. The van der Waals surface area contributed by atoms with Gasteiger partial charge in [-0.2, -0.15) is 0 Å². The first-order chi connectivity index (χ1) is 8.72. The molecule has 1 aromatic rings. The molecule has 1 aromatic carbocycles. The third kappa shape index (κ3) is 6.77. The molecule has 1 atom stereocenters. The van der Waals surface area contributed by atoms with E-state index in [2.05, 4.69) is 49.5 Å². The second kappa shape index (κ2) is 9.12. The molecule has 0 heterocycles. The summed E-state index contributed by atoms with van der Waals surface area (Å²) in [6.07, 6.45) is 2.26. The van der Waals surface area contributed by atoms with Crippen molar-refractivity contribution in [1.82, 2.24) is 5.32 Å². The van der Waals surface area contributed by atoms with Gasteiger partial charge in [-0.3, -0.25) is 0 Å². The van der Waals surface area contributed by atoms with Crippen molar-refractivity contribution in [1.29, 1.82) is 0 Å². The van der Waals surface area contributed by atoms with Crippen molar-refractivity contribution in [2.45, 2.75) is 26.7 Å². The average Bonchev–Trinajstić information content (AvgIpc) is 2.36. The monoisotopic (exact) mass is 249 g/mol. The van der Waals surface area contributed by atoms with E-state index >= 15 is 0 Å². The van der Waals surface area contributed by atoms with Crippen LogP contribution in [0, 0.1) is 11.8 Å². The molecule has 0 amide bonds. The van der Waals surface area contributed by atoms with Gasteiger partial charge in [-0.1, -0.05) is 44.2 Å². The smallest absolute Gasteiger partial charge is 0.0488 e. The van der Waals surface area contributed by atoms with E-state index in [9.17, 15) is 0 Å². The maximum atomic E-state index is 5.68. The summed E-state index contributed by atoms with van der Waals surface area (Å²) >= 11 is 0. The number of benzene rings is 1. The Bertz CT molecular complexity index is 297. The van der Waals surface area contributed by atoms with Crippen molar-refractivity contribution in [3.8, 4) is 0 Å². The Labute approximate surface area is 112 Å². The highest BCUT2D eigenvalue weighted by Crippen LogP contribution is 2.12. The van der Waals surface area contributed by atoms with Crippen LogP contribution in [-0.4, -0.2) is 26.8 Å². The second-order valence-corrected chi connectivity index (χ2v) is 5.37. The molecule has 1 N–H and O–H groups in total. The summed E-state index contributed by atoms with van der Waals surface area (Å²) in [5.41, 5.74) is 1.42. The minimum absolute atomic E-state index is 0.627. The fourth-order valence-electron chi connectivity index (χ4n) is 2.08. The number of rotatable bonds is 9. The van der Waals surface area contributed by atoms with E-state index in [4.69, 9.17) is 4.74 Å². The summed E-state index contributed by atoms with van der Waals surface area (Å²) in [6.45, 7) is 7.18. The summed E-state index contributed by atoms with van der Waals surface area (Å²) in [5.74, 6) is 1.28. The third-order valence-corrected chi connectivity index (χ3v) is 2.98. The molecule has 18 heavy (non-hydrogen) atoms. The normalized spacial score (nSPS) is 12.9. The Balaban J connectivity index is 2.31. The van der Waals surface area contributed by atoms with Gasteiger partial charge in [0.1, 0.15) is 0 Å². The molecule has 0 aliphatic carbocycles. The molecule has 2 nitrogen and oxygen atoms in total. The molecule has 0 fully saturated rings. The first-order valence-electron chi connectivity index (χ1n) is 6.98. The molecule has 102 valence electrons. The van der Waals surface area contributed by atoms with Crippen LogP contribution in [0.1, 0.15) is 25.8 Å². The van der Waals surface area contributed by atoms with Crippen LogP contribution in [0.15, 0.2) is 30.3 Å². The highest BCUT2D eigenvalue weighted by molar-refractivity contribution is 5.15. The van der Waals surface area contributed by atoms with Crippen LogP contribution >= 0.6 is 0 Å². The summed E-state index contributed by atoms with van der Waals surface area (Å²) in [7, 11) is 2.02. The lowest BCUT2D eigenvalue weighted by Crippen LogP contribution is -2.22. The van der Waals surface area contributed by atoms with Gasteiger partial charge >= 0.3 is 0 Å². The highest BCUT2D eigenvalue weighted by atomic mass is 16.5. The minimum atomic E-state index is 0.627. The summed E-state index contributed by atoms with van der Waals surface area (Å²) in [6, 6.07) is 10.7. The number of ether oxygens (including phenoxy) is 1. The van der Waals surface area contributed by atoms with Gasteiger partial charge in [0, 0.05) is 13.2 Å². The molecule has 1 unspecified atom stereocenters. The molecule has 0 saturated heterocycles. The number of nitrogens with one attached hydrogen (secondary N) is 1. The van der Waals surface area contributed by atoms with E-state index in [0.29, 0.717) is 11.8 Å². The second-order valence-electron chi connectivity index (χ2n) is 5.37. The molecule has 0 radical (unpaired) electrons. The Morgan fingerprint density at radius 1 is 1.17 bits per heavy atom. The van der Waals surface area contributed by atoms with Gasteiger partial charge in [0.25, 0.3) is 0 Å². The quantitative estimate of drug-likeness (QED) is 0.679. The first-order valence-corrected chi connectivity index (χ1v) is 6.98. The number of hydrogen-bond donors (Lipinski definition) is 1. The Kier molecular flexibility index (Phi) is 7.70. The SMILES string of the molecule is CNCC(CCOCC(C)C)Cc1ccccc1. The molecule has 0 aromatic heterocycles. The zero-order valence-electron chi connectivity index (χ0n) is 12.0. The van der Waals surface area contributed by atoms with E-state index in [1.165, 1.54) is 5.56 Å². The van der Waals surface area contributed by atoms with Crippen LogP contribution < -0.4 is 5.32 Å². The van der Waals surface area contributed by atoms with Gasteiger partial charge in [-0.15, -0.1) is 0 Å². The van der Waals surface area contributed by atoms with Gasteiger partial charge in [0.05, 0.1) is 0 Å². The lowest BCUT2D eigenvalue weighted by atomic mass is 9.96. The minimum Gasteiger partial charge on any atom is -0.381 e. The predicted molar refractivity (Wildman–Crippen MR) is 77.8 cm³/mol. The van der Waals surface area contributed by atoms with Gasteiger partial charge in [0.2, 0.25) is 0 Å². The van der Waals surface area contributed by atoms with Crippen LogP contribution in [0.25, 0.3) is 0 Å². The van der Waals surface area contributed by atoms with Crippen LogP contribution in [0.5, 0.6) is 0 Å².